The van der Waals surface area contributed by atoms with Crippen LogP contribution in [0.2, 0.25) is 0 Å². The van der Waals surface area contributed by atoms with Gasteiger partial charge in [0.15, 0.2) is 0 Å². The molecule has 27 heavy (non-hydrogen) atoms. The van der Waals surface area contributed by atoms with Crippen molar-refractivity contribution in [3.05, 3.63) is 40.4 Å². The number of amides is 1. The number of carbonyl (C=O) groups excluding carboxylic acids is 1. The molecule has 1 N–H and O–H groups in total. The fraction of sp³-hybridized carbons (Fsp3) is 0.571. The molecule has 1 aliphatic rings. The summed E-state index contributed by atoms with van der Waals surface area (Å²) in [6.07, 6.45) is 3.64. The first kappa shape index (κ1) is 19.5. The van der Waals surface area contributed by atoms with E-state index in [1.807, 2.05) is 24.3 Å². The Bertz CT molecular complexity index is 840. The van der Waals surface area contributed by atoms with Gasteiger partial charge >= 0.3 is 0 Å². The molecule has 2 aromatic rings. The second-order valence-electron chi connectivity index (χ2n) is 7.62. The van der Waals surface area contributed by atoms with E-state index >= 15 is 0 Å². The van der Waals surface area contributed by atoms with E-state index in [0.29, 0.717) is 42.8 Å². The van der Waals surface area contributed by atoms with Crippen LogP contribution >= 0.6 is 0 Å². The summed E-state index contributed by atoms with van der Waals surface area (Å²) in [6, 6.07) is 7.66. The molecule has 1 aromatic carbocycles. The summed E-state index contributed by atoms with van der Waals surface area (Å²) in [6.45, 7) is 6.25. The highest BCUT2D eigenvalue weighted by atomic mass is 16.5. The van der Waals surface area contributed by atoms with Crippen LogP contribution < -0.4 is 10.9 Å². The summed E-state index contributed by atoms with van der Waals surface area (Å²) in [5.41, 5.74) is 0.720. The predicted molar refractivity (Wildman–Crippen MR) is 106 cm³/mol. The van der Waals surface area contributed by atoms with Crippen molar-refractivity contribution in [1.82, 2.24) is 14.9 Å². The number of nitrogens with zero attached hydrogens (tertiary/aromatic N) is 2. The summed E-state index contributed by atoms with van der Waals surface area (Å²) in [5.74, 6) is 1.23. The van der Waals surface area contributed by atoms with Crippen LogP contribution in [0.3, 0.4) is 0 Å². The number of aryl methyl sites for hydroxylation is 1. The molecular weight excluding hydrogens is 342 g/mol. The van der Waals surface area contributed by atoms with E-state index < -0.39 is 0 Å². The highest BCUT2D eigenvalue weighted by Gasteiger charge is 2.28. The molecule has 0 spiro atoms. The molecule has 146 valence electrons. The highest BCUT2D eigenvalue weighted by molar-refractivity contribution is 5.78. The molecule has 1 fully saturated rings. The summed E-state index contributed by atoms with van der Waals surface area (Å²) in [5, 5.41) is 3.57. The molecule has 6 nitrogen and oxygen atoms in total. The first-order valence-electron chi connectivity index (χ1n) is 9.91. The average Bonchev–Trinajstić information content (AvgIpc) is 3.47. The van der Waals surface area contributed by atoms with E-state index in [-0.39, 0.29) is 17.5 Å². The molecule has 0 radical (unpaired) electrons. The van der Waals surface area contributed by atoms with E-state index in [4.69, 9.17) is 4.74 Å². The minimum atomic E-state index is -0.0105. The Labute approximate surface area is 159 Å². The Morgan fingerprint density at radius 2 is 2.11 bits per heavy atom. The van der Waals surface area contributed by atoms with Gasteiger partial charge in [-0.15, -0.1) is 0 Å². The van der Waals surface area contributed by atoms with Crippen LogP contribution in [0.4, 0.5) is 0 Å². The number of rotatable bonds is 10. The third-order valence-corrected chi connectivity index (χ3v) is 4.61. The minimum absolute atomic E-state index is 0.0105. The van der Waals surface area contributed by atoms with Crippen LogP contribution in [0, 0.1) is 5.92 Å². The molecule has 3 rings (SSSR count). The minimum Gasteiger partial charge on any atom is -0.381 e. The van der Waals surface area contributed by atoms with Crippen molar-refractivity contribution < 1.29 is 9.53 Å². The van der Waals surface area contributed by atoms with Crippen LogP contribution in [0.15, 0.2) is 29.1 Å². The average molecular weight is 371 g/mol. The van der Waals surface area contributed by atoms with E-state index in [2.05, 4.69) is 24.1 Å². The van der Waals surface area contributed by atoms with Gasteiger partial charge in [-0.1, -0.05) is 26.0 Å². The number of para-hydroxylation sites is 1. The lowest BCUT2D eigenvalue weighted by Crippen LogP contribution is -2.28. The molecule has 1 amide bonds. The van der Waals surface area contributed by atoms with Crippen molar-refractivity contribution in [3.8, 4) is 0 Å². The Morgan fingerprint density at radius 3 is 2.85 bits per heavy atom. The zero-order chi connectivity index (χ0) is 19.2. The van der Waals surface area contributed by atoms with Crippen molar-refractivity contribution >= 4 is 16.8 Å². The lowest BCUT2D eigenvalue weighted by atomic mass is 10.2. The number of fused-ring (bicyclic) bond motifs is 1. The van der Waals surface area contributed by atoms with Gasteiger partial charge in [-0.2, -0.15) is 0 Å². The first-order valence-corrected chi connectivity index (χ1v) is 9.91. The number of ether oxygens (including phenoxy) is 1. The Hall–Kier alpha value is -2.21. The molecule has 0 unspecified atom stereocenters. The summed E-state index contributed by atoms with van der Waals surface area (Å²) in [4.78, 5) is 29.6. The summed E-state index contributed by atoms with van der Waals surface area (Å²) < 4.78 is 7.31. The largest absolute Gasteiger partial charge is 0.381 e. The van der Waals surface area contributed by atoms with E-state index in [1.54, 1.807) is 4.57 Å². The molecule has 1 aliphatic carbocycles. The monoisotopic (exact) mass is 371 g/mol. The third kappa shape index (κ3) is 5.39. The van der Waals surface area contributed by atoms with Crippen LogP contribution in [-0.2, 0) is 16.0 Å². The second kappa shape index (κ2) is 9.13. The Kier molecular flexibility index (Phi) is 6.61. The van der Waals surface area contributed by atoms with Gasteiger partial charge in [0.1, 0.15) is 5.82 Å². The van der Waals surface area contributed by atoms with Gasteiger partial charge in [0.25, 0.3) is 5.56 Å². The summed E-state index contributed by atoms with van der Waals surface area (Å²) in [7, 11) is 0. The zero-order valence-corrected chi connectivity index (χ0v) is 16.2. The fourth-order valence-corrected chi connectivity index (χ4v) is 3.11. The van der Waals surface area contributed by atoms with Crippen molar-refractivity contribution in [1.29, 1.82) is 0 Å². The number of nitrogens with one attached hydrogen (secondary N) is 1. The molecule has 1 saturated carbocycles. The Balaban J connectivity index is 1.55. The molecule has 1 heterocycles. The van der Waals surface area contributed by atoms with Crippen molar-refractivity contribution in [2.24, 2.45) is 5.92 Å². The van der Waals surface area contributed by atoms with Gasteiger partial charge in [0, 0.05) is 38.6 Å². The van der Waals surface area contributed by atoms with Crippen molar-refractivity contribution in [2.75, 3.05) is 19.8 Å². The fourth-order valence-electron chi connectivity index (χ4n) is 3.11. The molecule has 0 aliphatic heterocycles. The number of benzene rings is 1. The molecular formula is C21H29N3O3. The topological polar surface area (TPSA) is 73.2 Å². The molecule has 0 saturated heterocycles. The number of hydrogen-bond donors (Lipinski definition) is 1. The standard InChI is InChI=1S/C21H29N3O3/c1-15(2)14-27-13-5-12-22-20(25)11-10-19-23-18-7-4-3-6-17(18)21(26)24(19)16-8-9-16/h3-4,6-7,15-16H,5,8-14H2,1-2H3,(H,22,25). The van der Waals surface area contributed by atoms with Gasteiger partial charge < -0.3 is 10.1 Å². The van der Waals surface area contributed by atoms with Crippen LogP contribution in [0.5, 0.6) is 0 Å². The maximum absolute atomic E-state index is 12.8. The zero-order valence-electron chi connectivity index (χ0n) is 16.2. The first-order chi connectivity index (χ1) is 13.1. The quantitative estimate of drug-likeness (QED) is 0.652. The molecule has 0 bridgehead atoms. The molecule has 0 atom stereocenters. The lowest BCUT2D eigenvalue weighted by Gasteiger charge is -2.13. The highest BCUT2D eigenvalue weighted by Crippen LogP contribution is 2.34. The van der Waals surface area contributed by atoms with Gasteiger partial charge in [-0.25, -0.2) is 4.98 Å². The Morgan fingerprint density at radius 1 is 1.33 bits per heavy atom. The van der Waals surface area contributed by atoms with Crippen molar-refractivity contribution in [3.63, 3.8) is 0 Å². The second-order valence-corrected chi connectivity index (χ2v) is 7.62. The summed E-state index contributed by atoms with van der Waals surface area (Å²) >= 11 is 0. The maximum Gasteiger partial charge on any atom is 0.261 e. The number of hydrogen-bond acceptors (Lipinski definition) is 4. The van der Waals surface area contributed by atoms with E-state index in [0.717, 1.165) is 31.7 Å². The third-order valence-electron chi connectivity index (χ3n) is 4.61. The van der Waals surface area contributed by atoms with Gasteiger partial charge in [0.2, 0.25) is 5.91 Å². The van der Waals surface area contributed by atoms with Gasteiger partial charge in [-0.05, 0) is 37.3 Å². The van der Waals surface area contributed by atoms with E-state index in [9.17, 15) is 9.59 Å². The SMILES string of the molecule is CC(C)COCCCNC(=O)CCc1nc2ccccc2c(=O)n1C1CC1. The maximum atomic E-state index is 12.8. The lowest BCUT2D eigenvalue weighted by molar-refractivity contribution is -0.121. The molecule has 1 aromatic heterocycles. The predicted octanol–water partition coefficient (Wildman–Crippen LogP) is 2.84. The van der Waals surface area contributed by atoms with Crippen LogP contribution in [0.25, 0.3) is 10.9 Å². The normalized spacial score (nSPS) is 14.0. The molecule has 6 heteroatoms. The van der Waals surface area contributed by atoms with Gasteiger partial charge in [-0.3, -0.25) is 14.2 Å². The number of carbonyl (C=O) groups is 1. The van der Waals surface area contributed by atoms with Crippen LogP contribution in [0.1, 0.15) is 51.4 Å². The van der Waals surface area contributed by atoms with Gasteiger partial charge in [0.05, 0.1) is 10.9 Å². The van der Waals surface area contributed by atoms with E-state index in [1.165, 1.54) is 0 Å². The van der Waals surface area contributed by atoms with Crippen LogP contribution in [-0.4, -0.2) is 35.2 Å². The number of aromatic nitrogens is 2. The van der Waals surface area contributed by atoms with Crippen molar-refractivity contribution in [2.45, 2.75) is 52.0 Å². The smallest absolute Gasteiger partial charge is 0.261 e.